The summed E-state index contributed by atoms with van der Waals surface area (Å²) in [5, 5.41) is 0. The molecule has 0 aromatic heterocycles. The van der Waals surface area contributed by atoms with Crippen molar-refractivity contribution in [1.29, 1.82) is 0 Å². The molecule has 3 fully saturated rings. The van der Waals surface area contributed by atoms with Gasteiger partial charge in [0.25, 0.3) is 0 Å². The summed E-state index contributed by atoms with van der Waals surface area (Å²) in [6, 6.07) is 6.51. The number of hydrogen-bond acceptors (Lipinski definition) is 5. The molecule has 2 N–H and O–H groups in total. The van der Waals surface area contributed by atoms with Crippen LogP contribution in [0.4, 0.5) is 0 Å². The van der Waals surface area contributed by atoms with Gasteiger partial charge in [0, 0.05) is 43.3 Å². The summed E-state index contributed by atoms with van der Waals surface area (Å²) >= 11 is 0. The highest BCUT2D eigenvalue weighted by molar-refractivity contribution is 5.82. The first-order valence-corrected chi connectivity index (χ1v) is 11.6. The molecule has 1 heterocycles. The maximum atomic E-state index is 13.8. The number of piperidine rings is 1. The Labute approximate surface area is 180 Å². The van der Waals surface area contributed by atoms with E-state index in [9.17, 15) is 4.79 Å². The molecule has 1 amide bonds. The molecule has 4 rings (SSSR count). The lowest BCUT2D eigenvalue weighted by Gasteiger charge is -2.46. The van der Waals surface area contributed by atoms with E-state index in [2.05, 4.69) is 9.80 Å². The molecule has 0 radical (unpaired) electrons. The van der Waals surface area contributed by atoms with Crippen LogP contribution < -0.4 is 15.2 Å². The third kappa shape index (κ3) is 4.45. The highest BCUT2D eigenvalue weighted by Gasteiger charge is 2.42. The number of carbonyl (C=O) groups excluding carboxylic acids is 1. The van der Waals surface area contributed by atoms with Gasteiger partial charge in [0.15, 0.2) is 0 Å². The molecule has 0 unspecified atom stereocenters. The fraction of sp³-hybridized carbons (Fsp3) is 0.708. The Bertz CT molecular complexity index is 734. The first kappa shape index (κ1) is 21.4. The number of carbonyl (C=O) groups is 1. The average molecular weight is 416 g/mol. The van der Waals surface area contributed by atoms with E-state index in [0.29, 0.717) is 31.1 Å². The van der Waals surface area contributed by atoms with E-state index < -0.39 is 0 Å². The van der Waals surface area contributed by atoms with Crippen LogP contribution >= 0.6 is 0 Å². The molecule has 1 saturated heterocycles. The number of likely N-dealkylation sites (tertiary alicyclic amines) is 1. The number of fused-ring (bicyclic) bond motifs is 1. The molecule has 1 aromatic rings. The monoisotopic (exact) mass is 415 g/mol. The highest BCUT2D eigenvalue weighted by atomic mass is 16.5. The second-order valence-corrected chi connectivity index (χ2v) is 9.12. The highest BCUT2D eigenvalue weighted by Crippen LogP contribution is 2.37. The van der Waals surface area contributed by atoms with Crippen LogP contribution in [0.15, 0.2) is 18.2 Å². The number of rotatable bonds is 8. The van der Waals surface area contributed by atoms with Crippen molar-refractivity contribution < 1.29 is 14.3 Å². The van der Waals surface area contributed by atoms with Crippen molar-refractivity contribution in [2.24, 2.45) is 11.7 Å². The molecule has 3 atom stereocenters. The summed E-state index contributed by atoms with van der Waals surface area (Å²) in [5.41, 5.74) is 7.32. The van der Waals surface area contributed by atoms with Crippen LogP contribution in [0.25, 0.3) is 0 Å². The van der Waals surface area contributed by atoms with Crippen molar-refractivity contribution in [3.05, 3.63) is 23.8 Å². The molecule has 0 bridgehead atoms. The average Bonchev–Trinajstić information content (AvgIpc) is 3.63. The van der Waals surface area contributed by atoms with Crippen LogP contribution in [0.1, 0.15) is 56.9 Å². The van der Waals surface area contributed by atoms with E-state index in [1.165, 1.54) is 25.7 Å². The minimum absolute atomic E-state index is 0.244. The predicted molar refractivity (Wildman–Crippen MR) is 118 cm³/mol. The van der Waals surface area contributed by atoms with E-state index >= 15 is 0 Å². The van der Waals surface area contributed by atoms with Crippen LogP contribution in [0.5, 0.6) is 11.5 Å². The Hall–Kier alpha value is -1.79. The molecular weight excluding hydrogens is 378 g/mol. The molecule has 1 aromatic carbocycles. The van der Waals surface area contributed by atoms with E-state index in [1.54, 1.807) is 14.2 Å². The fourth-order valence-corrected chi connectivity index (χ4v) is 5.55. The second-order valence-electron chi connectivity index (χ2n) is 9.12. The zero-order valence-corrected chi connectivity index (χ0v) is 18.5. The number of benzene rings is 1. The van der Waals surface area contributed by atoms with Gasteiger partial charge in [-0.3, -0.25) is 9.69 Å². The summed E-state index contributed by atoms with van der Waals surface area (Å²) in [4.78, 5) is 18.3. The molecule has 166 valence electrons. The van der Waals surface area contributed by atoms with E-state index in [1.807, 2.05) is 18.2 Å². The molecule has 6 heteroatoms. The van der Waals surface area contributed by atoms with Crippen molar-refractivity contribution in [2.45, 2.75) is 76.0 Å². The predicted octanol–water partition coefficient (Wildman–Crippen LogP) is 3.18. The van der Waals surface area contributed by atoms with Crippen LogP contribution in [0, 0.1) is 5.92 Å². The summed E-state index contributed by atoms with van der Waals surface area (Å²) < 4.78 is 11.0. The smallest absolute Gasteiger partial charge is 0.241 e. The maximum Gasteiger partial charge on any atom is 0.241 e. The number of amides is 1. The van der Waals surface area contributed by atoms with Gasteiger partial charge in [-0.2, -0.15) is 0 Å². The number of nitrogens with two attached hydrogens (primary N) is 1. The first-order chi connectivity index (χ1) is 14.7. The lowest BCUT2D eigenvalue weighted by Crippen LogP contribution is -2.58. The van der Waals surface area contributed by atoms with Crippen molar-refractivity contribution in [2.75, 3.05) is 27.3 Å². The molecule has 2 aliphatic carbocycles. The Morgan fingerprint density at radius 1 is 1.13 bits per heavy atom. The Morgan fingerprint density at radius 2 is 1.90 bits per heavy atom. The molecule has 0 spiro atoms. The first-order valence-electron chi connectivity index (χ1n) is 11.6. The molecule has 30 heavy (non-hydrogen) atoms. The van der Waals surface area contributed by atoms with Gasteiger partial charge in [-0.1, -0.05) is 18.9 Å². The van der Waals surface area contributed by atoms with Gasteiger partial charge in [-0.25, -0.2) is 0 Å². The van der Waals surface area contributed by atoms with Crippen LogP contribution in [-0.4, -0.2) is 61.1 Å². The van der Waals surface area contributed by atoms with E-state index in [-0.39, 0.29) is 11.9 Å². The van der Waals surface area contributed by atoms with Crippen molar-refractivity contribution in [3.8, 4) is 11.5 Å². The third-order valence-electron chi connectivity index (χ3n) is 7.30. The zero-order chi connectivity index (χ0) is 21.1. The third-order valence-corrected chi connectivity index (χ3v) is 7.30. The molecular formula is C24H37N3O3. The van der Waals surface area contributed by atoms with Gasteiger partial charge in [0.1, 0.15) is 17.5 Å². The number of methoxy groups -OCH3 is 2. The molecule has 2 saturated carbocycles. The summed E-state index contributed by atoms with van der Waals surface area (Å²) in [5.74, 6) is 2.50. The summed E-state index contributed by atoms with van der Waals surface area (Å²) in [7, 11) is 3.34. The molecule has 1 aliphatic heterocycles. The Balaban J connectivity index is 1.54. The van der Waals surface area contributed by atoms with E-state index in [4.69, 9.17) is 15.2 Å². The summed E-state index contributed by atoms with van der Waals surface area (Å²) in [6.45, 7) is 1.93. The van der Waals surface area contributed by atoms with Crippen molar-refractivity contribution >= 4 is 5.91 Å². The Morgan fingerprint density at radius 3 is 2.60 bits per heavy atom. The summed E-state index contributed by atoms with van der Waals surface area (Å²) in [6.07, 6.45) is 9.66. The normalized spacial score (nSPS) is 25.0. The van der Waals surface area contributed by atoms with Crippen LogP contribution in [-0.2, 0) is 11.3 Å². The van der Waals surface area contributed by atoms with Crippen molar-refractivity contribution in [1.82, 2.24) is 9.80 Å². The minimum atomic E-state index is -0.259. The fourth-order valence-electron chi connectivity index (χ4n) is 5.55. The zero-order valence-electron chi connectivity index (χ0n) is 18.5. The molecule has 6 nitrogen and oxygen atoms in total. The Kier molecular flexibility index (Phi) is 6.84. The number of ether oxygens (including phenoxy) is 2. The lowest BCUT2D eigenvalue weighted by molar-refractivity contribution is -0.143. The van der Waals surface area contributed by atoms with E-state index in [0.717, 1.165) is 49.3 Å². The van der Waals surface area contributed by atoms with Gasteiger partial charge in [0.2, 0.25) is 5.91 Å². The van der Waals surface area contributed by atoms with Crippen LogP contribution in [0.2, 0.25) is 0 Å². The SMILES string of the molecule is COc1ccc(CN(C2CC2)[C@H](CN)C(=O)N2CCC[C@H]3CCCC[C@@H]32)c(OC)c1. The van der Waals surface area contributed by atoms with Gasteiger partial charge in [0.05, 0.1) is 14.2 Å². The van der Waals surface area contributed by atoms with Gasteiger partial charge in [-0.15, -0.1) is 0 Å². The van der Waals surface area contributed by atoms with Gasteiger partial charge >= 0.3 is 0 Å². The topological polar surface area (TPSA) is 68.0 Å². The van der Waals surface area contributed by atoms with Gasteiger partial charge in [-0.05, 0) is 50.5 Å². The van der Waals surface area contributed by atoms with Crippen LogP contribution in [0.3, 0.4) is 0 Å². The lowest BCUT2D eigenvalue weighted by atomic mass is 9.78. The standard InChI is InChI=1S/C24H37N3O3/c1-29-20-12-9-18(23(14-20)30-2)16-27(19-10-11-19)22(15-25)24(28)26-13-5-7-17-6-3-4-8-21(17)26/h9,12,14,17,19,21-22H,3-8,10-11,13,15-16,25H2,1-2H3/t17-,21+,22-/m1/s1. The maximum absolute atomic E-state index is 13.8. The van der Waals surface area contributed by atoms with Gasteiger partial charge < -0.3 is 20.1 Å². The van der Waals surface area contributed by atoms with Crippen molar-refractivity contribution in [3.63, 3.8) is 0 Å². The quantitative estimate of drug-likeness (QED) is 0.706. The minimum Gasteiger partial charge on any atom is -0.497 e. The number of hydrogen-bond donors (Lipinski definition) is 1. The largest absolute Gasteiger partial charge is 0.497 e. The molecule has 3 aliphatic rings. The second kappa shape index (κ2) is 9.56. The number of nitrogens with zero attached hydrogens (tertiary/aromatic N) is 2.